The van der Waals surface area contributed by atoms with E-state index in [0.717, 1.165) is 15.7 Å². The fourth-order valence-electron chi connectivity index (χ4n) is 1.50. The van der Waals surface area contributed by atoms with Crippen molar-refractivity contribution in [3.05, 3.63) is 28.2 Å². The Morgan fingerprint density at radius 1 is 1.43 bits per heavy atom. The second-order valence-electron chi connectivity index (χ2n) is 3.25. The van der Waals surface area contributed by atoms with Crippen molar-refractivity contribution in [1.82, 2.24) is 0 Å². The van der Waals surface area contributed by atoms with Crippen molar-refractivity contribution in [1.29, 1.82) is 0 Å². The summed E-state index contributed by atoms with van der Waals surface area (Å²) in [5.74, 6) is 0. The molecule has 4 heteroatoms. The summed E-state index contributed by atoms with van der Waals surface area (Å²) in [7, 11) is 0. The van der Waals surface area contributed by atoms with Gasteiger partial charge < -0.3 is 4.74 Å². The van der Waals surface area contributed by atoms with E-state index in [4.69, 9.17) is 4.74 Å². The van der Waals surface area contributed by atoms with Crippen LogP contribution in [-0.2, 0) is 4.74 Å². The number of anilines is 1. The molecular weight excluding hydrogens is 246 g/mol. The van der Waals surface area contributed by atoms with Crippen LogP contribution >= 0.6 is 15.9 Å². The highest BCUT2D eigenvalue weighted by Gasteiger charge is 2.23. The summed E-state index contributed by atoms with van der Waals surface area (Å²) in [6.07, 6.45) is -0.262. The molecule has 1 aliphatic heterocycles. The first kappa shape index (κ1) is 9.52. The van der Waals surface area contributed by atoms with Crippen molar-refractivity contribution >= 4 is 27.7 Å². The maximum Gasteiger partial charge on any atom is 0.414 e. The van der Waals surface area contributed by atoms with Crippen LogP contribution in [0.25, 0.3) is 0 Å². The van der Waals surface area contributed by atoms with E-state index in [1.54, 1.807) is 4.90 Å². The Morgan fingerprint density at radius 2 is 2.21 bits per heavy atom. The first-order valence-corrected chi connectivity index (χ1v) is 5.17. The van der Waals surface area contributed by atoms with E-state index in [0.29, 0.717) is 13.2 Å². The molecule has 0 bridgehead atoms. The fraction of sp³-hybridized carbons (Fsp3) is 0.300. The highest BCUT2D eigenvalue weighted by atomic mass is 79.9. The number of rotatable bonds is 1. The molecule has 1 aliphatic rings. The number of ether oxygens (including phenoxy) is 1. The number of carbonyl (C=O) groups excluding carboxylic acids is 1. The van der Waals surface area contributed by atoms with Gasteiger partial charge in [-0.2, -0.15) is 0 Å². The van der Waals surface area contributed by atoms with E-state index in [1.807, 2.05) is 25.1 Å². The number of halogens is 1. The Bertz CT molecular complexity index is 358. The van der Waals surface area contributed by atoms with Crippen LogP contribution in [-0.4, -0.2) is 19.2 Å². The lowest BCUT2D eigenvalue weighted by atomic mass is 10.2. The second kappa shape index (κ2) is 3.61. The van der Waals surface area contributed by atoms with Gasteiger partial charge in [0.2, 0.25) is 0 Å². The minimum Gasteiger partial charge on any atom is -0.447 e. The number of cyclic esters (lactones) is 1. The lowest BCUT2D eigenvalue weighted by molar-refractivity contribution is 0.181. The lowest BCUT2D eigenvalue weighted by Gasteiger charge is -2.13. The van der Waals surface area contributed by atoms with Gasteiger partial charge in [-0.25, -0.2) is 4.79 Å². The predicted molar refractivity (Wildman–Crippen MR) is 57.6 cm³/mol. The Balaban J connectivity index is 2.35. The smallest absolute Gasteiger partial charge is 0.414 e. The Labute approximate surface area is 90.8 Å². The second-order valence-corrected chi connectivity index (χ2v) is 4.17. The number of hydrogen-bond acceptors (Lipinski definition) is 2. The van der Waals surface area contributed by atoms with Crippen molar-refractivity contribution in [3.8, 4) is 0 Å². The molecule has 2 rings (SSSR count). The maximum absolute atomic E-state index is 11.3. The summed E-state index contributed by atoms with van der Waals surface area (Å²) < 4.78 is 5.85. The zero-order chi connectivity index (χ0) is 10.1. The van der Waals surface area contributed by atoms with Crippen molar-refractivity contribution in [2.75, 3.05) is 18.1 Å². The van der Waals surface area contributed by atoms with Crippen LogP contribution < -0.4 is 4.90 Å². The summed E-state index contributed by atoms with van der Waals surface area (Å²) in [4.78, 5) is 12.9. The van der Waals surface area contributed by atoms with Gasteiger partial charge in [-0.3, -0.25) is 4.90 Å². The average Bonchev–Trinajstić information content (AvgIpc) is 2.49. The highest BCUT2D eigenvalue weighted by Crippen LogP contribution is 2.24. The van der Waals surface area contributed by atoms with Gasteiger partial charge in [-0.05, 0) is 30.7 Å². The van der Waals surface area contributed by atoms with Crippen LogP contribution in [0.4, 0.5) is 10.5 Å². The van der Waals surface area contributed by atoms with E-state index >= 15 is 0 Å². The molecule has 0 aromatic heterocycles. The molecule has 0 N–H and O–H groups in total. The third-order valence-electron chi connectivity index (χ3n) is 2.10. The molecule has 1 fully saturated rings. The molecule has 0 saturated carbocycles. The van der Waals surface area contributed by atoms with Crippen molar-refractivity contribution in [3.63, 3.8) is 0 Å². The van der Waals surface area contributed by atoms with E-state index < -0.39 is 0 Å². The molecule has 0 spiro atoms. The molecule has 1 aromatic carbocycles. The molecule has 0 atom stereocenters. The quantitative estimate of drug-likeness (QED) is 0.773. The van der Waals surface area contributed by atoms with Crippen molar-refractivity contribution in [2.24, 2.45) is 0 Å². The standard InChI is InChI=1S/C10H10BrNO2/c1-7-4-8(11)6-9(5-7)12-2-3-14-10(12)13/h4-6H,2-3H2,1H3. The highest BCUT2D eigenvalue weighted by molar-refractivity contribution is 9.10. The molecule has 14 heavy (non-hydrogen) atoms. The number of aryl methyl sites for hydroxylation is 1. The number of nitrogens with zero attached hydrogens (tertiary/aromatic N) is 1. The predicted octanol–water partition coefficient (Wildman–Crippen LogP) is 2.71. The van der Waals surface area contributed by atoms with Crippen LogP contribution in [0, 0.1) is 6.92 Å². The zero-order valence-electron chi connectivity index (χ0n) is 7.79. The van der Waals surface area contributed by atoms with Crippen molar-refractivity contribution < 1.29 is 9.53 Å². The first-order chi connectivity index (χ1) is 6.66. The number of carbonyl (C=O) groups is 1. The van der Waals surface area contributed by atoms with Crippen LogP contribution in [0.1, 0.15) is 5.56 Å². The summed E-state index contributed by atoms with van der Waals surface area (Å²) in [6.45, 7) is 3.11. The first-order valence-electron chi connectivity index (χ1n) is 4.38. The van der Waals surface area contributed by atoms with E-state index in [-0.39, 0.29) is 6.09 Å². The van der Waals surface area contributed by atoms with Crippen LogP contribution in [0.2, 0.25) is 0 Å². The van der Waals surface area contributed by atoms with Gasteiger partial charge in [0, 0.05) is 10.2 Å². The van der Waals surface area contributed by atoms with Gasteiger partial charge in [0.15, 0.2) is 0 Å². The van der Waals surface area contributed by atoms with Gasteiger partial charge in [0.25, 0.3) is 0 Å². The molecule has 3 nitrogen and oxygen atoms in total. The maximum atomic E-state index is 11.3. The SMILES string of the molecule is Cc1cc(Br)cc(N2CCOC2=O)c1. The molecule has 0 unspecified atom stereocenters. The van der Waals surface area contributed by atoms with Gasteiger partial charge in [0.1, 0.15) is 6.61 Å². The van der Waals surface area contributed by atoms with E-state index in [1.165, 1.54) is 0 Å². The normalized spacial score (nSPS) is 15.9. The van der Waals surface area contributed by atoms with E-state index in [9.17, 15) is 4.79 Å². The summed E-state index contributed by atoms with van der Waals surface area (Å²) in [5, 5.41) is 0. The molecule has 1 heterocycles. The summed E-state index contributed by atoms with van der Waals surface area (Å²) >= 11 is 3.40. The average molecular weight is 256 g/mol. The lowest BCUT2D eigenvalue weighted by Crippen LogP contribution is -2.23. The van der Waals surface area contributed by atoms with Gasteiger partial charge in [0.05, 0.1) is 6.54 Å². The molecule has 0 aliphatic carbocycles. The Morgan fingerprint density at radius 3 is 2.79 bits per heavy atom. The zero-order valence-corrected chi connectivity index (χ0v) is 9.37. The van der Waals surface area contributed by atoms with E-state index in [2.05, 4.69) is 15.9 Å². The third-order valence-corrected chi connectivity index (χ3v) is 2.56. The molecule has 74 valence electrons. The molecule has 0 radical (unpaired) electrons. The van der Waals surface area contributed by atoms with Crippen LogP contribution in [0.15, 0.2) is 22.7 Å². The fourth-order valence-corrected chi connectivity index (χ4v) is 2.10. The molecular formula is C10H10BrNO2. The summed E-state index contributed by atoms with van der Waals surface area (Å²) in [6, 6.07) is 5.89. The van der Waals surface area contributed by atoms with Gasteiger partial charge in [-0.15, -0.1) is 0 Å². The molecule has 1 aromatic rings. The molecule has 1 saturated heterocycles. The number of benzene rings is 1. The Kier molecular flexibility index (Phi) is 2.46. The number of amides is 1. The van der Waals surface area contributed by atoms with Crippen LogP contribution in [0.3, 0.4) is 0 Å². The largest absolute Gasteiger partial charge is 0.447 e. The minimum atomic E-state index is -0.262. The Hall–Kier alpha value is -1.03. The monoisotopic (exact) mass is 255 g/mol. The minimum absolute atomic E-state index is 0.262. The van der Waals surface area contributed by atoms with Crippen molar-refractivity contribution in [2.45, 2.75) is 6.92 Å². The van der Waals surface area contributed by atoms with Crippen LogP contribution in [0.5, 0.6) is 0 Å². The molecule has 1 amide bonds. The topological polar surface area (TPSA) is 29.5 Å². The number of hydrogen-bond donors (Lipinski definition) is 0. The summed E-state index contributed by atoms with van der Waals surface area (Å²) in [5.41, 5.74) is 2.01. The third kappa shape index (κ3) is 1.75. The van der Waals surface area contributed by atoms with Gasteiger partial charge >= 0.3 is 6.09 Å². The van der Waals surface area contributed by atoms with Gasteiger partial charge in [-0.1, -0.05) is 15.9 Å².